The topological polar surface area (TPSA) is 52.0 Å². The lowest BCUT2D eigenvalue weighted by Crippen LogP contribution is -2.20. The molecule has 2 nitrogen and oxygen atoms in total. The number of hydrogen-bond donors (Lipinski definition) is 2. The molecule has 0 heterocycles. The van der Waals surface area contributed by atoms with E-state index in [0.29, 0.717) is 5.56 Å². The van der Waals surface area contributed by atoms with E-state index < -0.39 is 17.7 Å². The first kappa shape index (κ1) is 12.3. The van der Waals surface area contributed by atoms with Gasteiger partial charge >= 0.3 is 0 Å². The summed E-state index contributed by atoms with van der Waals surface area (Å²) in [6, 6.07) is 2.66. The molecule has 5 heteroatoms. The number of rotatable bonds is 2. The maximum atomic E-state index is 12.6. The van der Waals surface area contributed by atoms with E-state index in [1.807, 2.05) is 0 Å². The summed E-state index contributed by atoms with van der Waals surface area (Å²) in [6.07, 6.45) is 0. The van der Waals surface area contributed by atoms with Crippen LogP contribution in [0.4, 0.5) is 8.78 Å². The van der Waals surface area contributed by atoms with Crippen molar-refractivity contribution in [3.8, 4) is 0 Å². The zero-order valence-corrected chi connectivity index (χ0v) is 7.65. The van der Waals surface area contributed by atoms with Crippen LogP contribution in [0, 0.1) is 11.6 Å². The lowest BCUT2D eigenvalue weighted by molar-refractivity contribution is 0.574. The van der Waals surface area contributed by atoms with Crippen molar-refractivity contribution in [1.82, 2.24) is 0 Å². The van der Waals surface area contributed by atoms with E-state index in [4.69, 9.17) is 11.5 Å². The Balaban J connectivity index is 0.00000144. The third kappa shape index (κ3) is 3.26. The second-order valence-corrected chi connectivity index (χ2v) is 2.54. The summed E-state index contributed by atoms with van der Waals surface area (Å²) >= 11 is 0. The molecule has 0 amide bonds. The molecule has 0 aliphatic heterocycles. The summed E-state index contributed by atoms with van der Waals surface area (Å²) in [5.74, 6) is -1.26. The van der Waals surface area contributed by atoms with Gasteiger partial charge in [-0.05, 0) is 17.7 Å². The maximum absolute atomic E-state index is 12.6. The Morgan fingerprint density at radius 3 is 2.00 bits per heavy atom. The van der Waals surface area contributed by atoms with Crippen LogP contribution >= 0.6 is 12.4 Å². The molecular formula is C8H11ClF2N2. The summed E-state index contributed by atoms with van der Waals surface area (Å²) in [5, 5.41) is 0. The van der Waals surface area contributed by atoms with Gasteiger partial charge in [0.2, 0.25) is 0 Å². The fourth-order valence-electron chi connectivity index (χ4n) is 0.925. The normalized spacial score (nSPS) is 12.0. The molecule has 0 unspecified atom stereocenters. The van der Waals surface area contributed by atoms with Gasteiger partial charge in [0.15, 0.2) is 0 Å². The minimum absolute atomic E-state index is 0. The summed E-state index contributed by atoms with van der Waals surface area (Å²) in [5.41, 5.74) is 11.1. The number of halogens is 3. The van der Waals surface area contributed by atoms with Crippen molar-refractivity contribution in [2.24, 2.45) is 11.5 Å². The van der Waals surface area contributed by atoms with Crippen molar-refractivity contribution in [1.29, 1.82) is 0 Å². The van der Waals surface area contributed by atoms with Gasteiger partial charge in [-0.2, -0.15) is 0 Å². The third-order valence-electron chi connectivity index (χ3n) is 1.57. The molecular weight excluding hydrogens is 198 g/mol. The molecule has 13 heavy (non-hydrogen) atoms. The van der Waals surface area contributed by atoms with E-state index in [-0.39, 0.29) is 19.0 Å². The van der Waals surface area contributed by atoms with Gasteiger partial charge in [0.25, 0.3) is 0 Å². The van der Waals surface area contributed by atoms with Crippen LogP contribution < -0.4 is 11.5 Å². The monoisotopic (exact) mass is 208 g/mol. The Morgan fingerprint density at radius 1 is 1.15 bits per heavy atom. The molecule has 0 aliphatic rings. The van der Waals surface area contributed by atoms with Crippen LogP contribution in [0.25, 0.3) is 0 Å². The molecule has 0 spiro atoms. The summed E-state index contributed by atoms with van der Waals surface area (Å²) in [7, 11) is 0. The zero-order chi connectivity index (χ0) is 9.14. The van der Waals surface area contributed by atoms with Gasteiger partial charge in [0.05, 0.1) is 0 Å². The largest absolute Gasteiger partial charge is 0.329 e. The highest BCUT2D eigenvalue weighted by atomic mass is 35.5. The highest BCUT2D eigenvalue weighted by Gasteiger charge is 2.06. The van der Waals surface area contributed by atoms with E-state index in [1.165, 1.54) is 12.1 Å². The minimum atomic E-state index is -0.631. The second-order valence-electron chi connectivity index (χ2n) is 2.54. The first-order chi connectivity index (χ1) is 5.63. The van der Waals surface area contributed by atoms with Crippen LogP contribution in [-0.4, -0.2) is 6.54 Å². The first-order valence-electron chi connectivity index (χ1n) is 3.55. The molecule has 4 N–H and O–H groups in total. The quantitative estimate of drug-likeness (QED) is 0.771. The van der Waals surface area contributed by atoms with Crippen LogP contribution in [0.2, 0.25) is 0 Å². The van der Waals surface area contributed by atoms with Crippen LogP contribution in [0.3, 0.4) is 0 Å². The van der Waals surface area contributed by atoms with Crippen LogP contribution in [-0.2, 0) is 0 Å². The molecule has 1 atom stereocenters. The standard InChI is InChI=1S/C8H10F2N2.ClH/c9-6-1-5(8(12)4-11)2-7(10)3-6;/h1-3,8H,4,11-12H2;1H/t8-;/m0./s1. The van der Waals surface area contributed by atoms with Crippen molar-refractivity contribution in [2.75, 3.05) is 6.54 Å². The van der Waals surface area contributed by atoms with Gasteiger partial charge < -0.3 is 11.5 Å². The first-order valence-corrected chi connectivity index (χ1v) is 3.55. The van der Waals surface area contributed by atoms with E-state index in [2.05, 4.69) is 0 Å². The van der Waals surface area contributed by atoms with Gasteiger partial charge in [-0.15, -0.1) is 12.4 Å². The van der Waals surface area contributed by atoms with E-state index in [0.717, 1.165) is 6.07 Å². The van der Waals surface area contributed by atoms with Crippen LogP contribution in [0.15, 0.2) is 18.2 Å². The molecule has 0 saturated heterocycles. The maximum Gasteiger partial charge on any atom is 0.126 e. The Morgan fingerprint density at radius 2 is 1.62 bits per heavy atom. The van der Waals surface area contributed by atoms with Crippen molar-refractivity contribution in [2.45, 2.75) is 6.04 Å². The predicted octanol–water partition coefficient (Wildman–Crippen LogP) is 1.35. The Labute approximate surface area is 81.3 Å². The number of nitrogens with two attached hydrogens (primary N) is 2. The van der Waals surface area contributed by atoms with E-state index in [1.54, 1.807) is 0 Å². The van der Waals surface area contributed by atoms with Crippen LogP contribution in [0.5, 0.6) is 0 Å². The zero-order valence-electron chi connectivity index (χ0n) is 6.84. The Hall–Kier alpha value is -0.710. The predicted molar refractivity (Wildman–Crippen MR) is 49.6 cm³/mol. The van der Waals surface area contributed by atoms with Gasteiger partial charge in [0.1, 0.15) is 11.6 Å². The fourth-order valence-corrected chi connectivity index (χ4v) is 0.925. The lowest BCUT2D eigenvalue weighted by Gasteiger charge is -2.08. The van der Waals surface area contributed by atoms with Gasteiger partial charge in [-0.25, -0.2) is 8.78 Å². The third-order valence-corrected chi connectivity index (χ3v) is 1.57. The average molecular weight is 209 g/mol. The Bertz CT molecular complexity index is 261. The van der Waals surface area contributed by atoms with Crippen LogP contribution in [0.1, 0.15) is 11.6 Å². The van der Waals surface area contributed by atoms with E-state index in [9.17, 15) is 8.78 Å². The Kier molecular flexibility index (Phi) is 4.83. The van der Waals surface area contributed by atoms with Crippen molar-refractivity contribution in [3.05, 3.63) is 35.4 Å². The summed E-state index contributed by atoms with van der Waals surface area (Å²) < 4.78 is 25.2. The highest BCUT2D eigenvalue weighted by molar-refractivity contribution is 5.85. The molecule has 0 aromatic heterocycles. The smallest absolute Gasteiger partial charge is 0.126 e. The van der Waals surface area contributed by atoms with Crippen molar-refractivity contribution in [3.63, 3.8) is 0 Å². The van der Waals surface area contributed by atoms with E-state index >= 15 is 0 Å². The molecule has 1 aromatic rings. The molecule has 0 fully saturated rings. The molecule has 0 radical (unpaired) electrons. The lowest BCUT2D eigenvalue weighted by atomic mass is 10.1. The van der Waals surface area contributed by atoms with Crippen molar-refractivity contribution >= 4 is 12.4 Å². The minimum Gasteiger partial charge on any atom is -0.329 e. The molecule has 1 rings (SSSR count). The average Bonchev–Trinajstić information content (AvgIpc) is 2.01. The second kappa shape index (κ2) is 5.11. The van der Waals surface area contributed by atoms with Crippen molar-refractivity contribution < 1.29 is 8.78 Å². The van der Waals surface area contributed by atoms with Gasteiger partial charge in [-0.1, -0.05) is 0 Å². The number of hydrogen-bond acceptors (Lipinski definition) is 2. The van der Waals surface area contributed by atoms with Gasteiger partial charge in [-0.3, -0.25) is 0 Å². The number of benzene rings is 1. The summed E-state index contributed by atoms with van der Waals surface area (Å²) in [4.78, 5) is 0. The fraction of sp³-hybridized carbons (Fsp3) is 0.250. The molecule has 74 valence electrons. The summed E-state index contributed by atoms with van der Waals surface area (Å²) in [6.45, 7) is 0.170. The SMILES string of the molecule is Cl.NC[C@H](N)c1cc(F)cc(F)c1. The molecule has 1 aromatic carbocycles. The molecule has 0 aliphatic carbocycles. The van der Waals surface area contributed by atoms with Gasteiger partial charge in [0, 0.05) is 18.7 Å². The highest BCUT2D eigenvalue weighted by Crippen LogP contribution is 2.13. The molecule has 0 saturated carbocycles. The molecule has 0 bridgehead atoms.